The maximum Gasteiger partial charge on any atom is 0.0897 e. The van der Waals surface area contributed by atoms with Crippen molar-refractivity contribution in [2.24, 2.45) is 0 Å². The van der Waals surface area contributed by atoms with Crippen molar-refractivity contribution < 1.29 is 15.3 Å². The van der Waals surface area contributed by atoms with Crippen LogP contribution in [0.3, 0.4) is 0 Å². The predicted molar refractivity (Wildman–Crippen MR) is 46.9 cm³/mol. The number of aliphatic hydroxyl groups excluding tert-OH is 2. The molecule has 0 saturated carbocycles. The van der Waals surface area contributed by atoms with Crippen molar-refractivity contribution in [1.29, 1.82) is 0 Å². The number of nitrogens with zero attached hydrogens (tertiary/aromatic N) is 1. The first kappa shape index (κ1) is 11.8. The summed E-state index contributed by atoms with van der Waals surface area (Å²) in [4.78, 5) is 1.78. The molecule has 0 aliphatic rings. The third-order valence-electron chi connectivity index (χ3n) is 1.39. The van der Waals surface area contributed by atoms with E-state index < -0.39 is 11.7 Å². The van der Waals surface area contributed by atoms with Crippen LogP contribution in [0, 0.1) is 0 Å². The van der Waals surface area contributed by atoms with Gasteiger partial charge in [0.05, 0.1) is 18.3 Å². The second-order valence-electron chi connectivity index (χ2n) is 3.85. The minimum Gasteiger partial charge on any atom is -0.394 e. The van der Waals surface area contributed by atoms with Crippen molar-refractivity contribution >= 4 is 0 Å². The van der Waals surface area contributed by atoms with Crippen LogP contribution in [-0.4, -0.2) is 58.7 Å². The van der Waals surface area contributed by atoms with E-state index in [4.69, 9.17) is 10.2 Å². The van der Waals surface area contributed by atoms with Gasteiger partial charge in [-0.1, -0.05) is 0 Å². The van der Waals surface area contributed by atoms with Gasteiger partial charge in [-0.25, -0.2) is 0 Å². The highest BCUT2D eigenvalue weighted by Gasteiger charge is 2.16. The smallest absolute Gasteiger partial charge is 0.0897 e. The lowest BCUT2D eigenvalue weighted by Crippen LogP contribution is -2.40. The average Bonchev–Trinajstić information content (AvgIpc) is 1.82. The molecule has 0 fully saturated rings. The van der Waals surface area contributed by atoms with Crippen LogP contribution in [-0.2, 0) is 0 Å². The number of likely N-dealkylation sites (N-methyl/N-ethyl adjacent to an activating group) is 1. The van der Waals surface area contributed by atoms with Crippen molar-refractivity contribution in [2.75, 3.05) is 26.7 Å². The Kier molecular flexibility index (Phi) is 4.70. The van der Waals surface area contributed by atoms with E-state index >= 15 is 0 Å². The van der Waals surface area contributed by atoms with Crippen LogP contribution in [0.4, 0.5) is 0 Å². The quantitative estimate of drug-likeness (QED) is 0.506. The summed E-state index contributed by atoms with van der Waals surface area (Å²) in [5, 5.41) is 27.0. The highest BCUT2D eigenvalue weighted by molar-refractivity contribution is 4.71. The lowest BCUT2D eigenvalue weighted by atomic mass is 10.1. The van der Waals surface area contributed by atoms with Crippen LogP contribution in [0.2, 0.25) is 0 Å². The Hall–Kier alpha value is -0.160. The highest BCUT2D eigenvalue weighted by Crippen LogP contribution is 2.03. The van der Waals surface area contributed by atoms with Crippen LogP contribution in [0.15, 0.2) is 0 Å². The zero-order valence-electron chi connectivity index (χ0n) is 7.99. The van der Waals surface area contributed by atoms with Gasteiger partial charge in [-0.2, -0.15) is 0 Å². The molecule has 3 N–H and O–H groups in total. The minimum atomic E-state index is -0.760. The second-order valence-corrected chi connectivity index (χ2v) is 3.85. The highest BCUT2D eigenvalue weighted by atomic mass is 16.3. The monoisotopic (exact) mass is 177 g/mol. The molecule has 0 amide bonds. The predicted octanol–water partition coefficient (Wildman–Crippen LogP) is -0.958. The lowest BCUT2D eigenvalue weighted by Gasteiger charge is -2.26. The number of hydrogen-bond donors (Lipinski definition) is 3. The van der Waals surface area contributed by atoms with Gasteiger partial charge in [-0.15, -0.1) is 0 Å². The molecule has 0 radical (unpaired) electrons. The van der Waals surface area contributed by atoms with Gasteiger partial charge in [0.1, 0.15) is 0 Å². The molecule has 0 aliphatic carbocycles. The second kappa shape index (κ2) is 4.77. The largest absolute Gasteiger partial charge is 0.394 e. The zero-order chi connectivity index (χ0) is 9.78. The van der Waals surface area contributed by atoms with Gasteiger partial charge in [-0.05, 0) is 20.9 Å². The average molecular weight is 177 g/mol. The van der Waals surface area contributed by atoms with Gasteiger partial charge in [0.15, 0.2) is 0 Å². The summed E-state index contributed by atoms with van der Waals surface area (Å²) in [5.74, 6) is 0. The molecule has 0 heterocycles. The fourth-order valence-corrected chi connectivity index (χ4v) is 1.14. The van der Waals surface area contributed by atoms with Crippen molar-refractivity contribution in [3.63, 3.8) is 0 Å². The SMILES string of the molecule is CN(CC(O)CO)CC(C)(C)O. The molecule has 4 heteroatoms. The van der Waals surface area contributed by atoms with Gasteiger partial charge in [0.25, 0.3) is 0 Å². The summed E-state index contributed by atoms with van der Waals surface area (Å²) in [6.45, 7) is 4.02. The molecule has 74 valence electrons. The lowest BCUT2D eigenvalue weighted by molar-refractivity contribution is 0.0165. The van der Waals surface area contributed by atoms with Gasteiger partial charge < -0.3 is 20.2 Å². The molecule has 0 aromatic rings. The van der Waals surface area contributed by atoms with E-state index in [9.17, 15) is 5.11 Å². The molecular weight excluding hydrogens is 158 g/mol. The van der Waals surface area contributed by atoms with E-state index in [1.807, 2.05) is 0 Å². The Morgan fingerprint density at radius 1 is 1.42 bits per heavy atom. The van der Waals surface area contributed by atoms with E-state index in [0.29, 0.717) is 13.1 Å². The van der Waals surface area contributed by atoms with Crippen LogP contribution in [0.1, 0.15) is 13.8 Å². The minimum absolute atomic E-state index is 0.240. The standard InChI is InChI=1S/C8H19NO3/c1-8(2,12)6-9(3)4-7(11)5-10/h7,10-12H,4-6H2,1-3H3. The number of hydrogen-bond acceptors (Lipinski definition) is 4. The van der Waals surface area contributed by atoms with Crippen LogP contribution in [0.5, 0.6) is 0 Å². The Bertz CT molecular complexity index is 122. The summed E-state index contributed by atoms with van der Waals surface area (Å²) in [6.07, 6.45) is -0.725. The molecule has 0 saturated heterocycles. The van der Waals surface area contributed by atoms with E-state index in [1.165, 1.54) is 0 Å². The summed E-state index contributed by atoms with van der Waals surface area (Å²) < 4.78 is 0. The molecule has 0 aromatic carbocycles. The maximum absolute atomic E-state index is 9.39. The Labute approximate surface area is 73.4 Å². The topological polar surface area (TPSA) is 63.9 Å². The zero-order valence-corrected chi connectivity index (χ0v) is 7.99. The number of rotatable bonds is 5. The van der Waals surface area contributed by atoms with Crippen molar-refractivity contribution in [3.05, 3.63) is 0 Å². The van der Waals surface area contributed by atoms with Crippen molar-refractivity contribution in [3.8, 4) is 0 Å². The van der Waals surface area contributed by atoms with Crippen molar-refractivity contribution in [2.45, 2.75) is 25.6 Å². The molecule has 1 unspecified atom stereocenters. The molecule has 4 nitrogen and oxygen atoms in total. The molecule has 12 heavy (non-hydrogen) atoms. The van der Waals surface area contributed by atoms with Gasteiger partial charge >= 0.3 is 0 Å². The molecule has 0 aromatic heterocycles. The maximum atomic E-state index is 9.39. The molecule has 0 spiro atoms. The fourth-order valence-electron chi connectivity index (χ4n) is 1.14. The van der Waals surface area contributed by atoms with E-state index in [1.54, 1.807) is 25.8 Å². The molecule has 0 aliphatic heterocycles. The molecule has 0 rings (SSSR count). The third kappa shape index (κ3) is 6.54. The van der Waals surface area contributed by atoms with E-state index in [0.717, 1.165) is 0 Å². The summed E-state index contributed by atoms with van der Waals surface area (Å²) >= 11 is 0. The first-order valence-electron chi connectivity index (χ1n) is 4.05. The summed E-state index contributed by atoms with van der Waals surface area (Å²) in [7, 11) is 1.79. The van der Waals surface area contributed by atoms with Crippen molar-refractivity contribution in [1.82, 2.24) is 4.90 Å². The fraction of sp³-hybridized carbons (Fsp3) is 1.00. The van der Waals surface area contributed by atoms with E-state index in [2.05, 4.69) is 0 Å². The van der Waals surface area contributed by atoms with Gasteiger partial charge in [0, 0.05) is 13.1 Å². The van der Waals surface area contributed by atoms with Gasteiger partial charge in [0.2, 0.25) is 0 Å². The molecular formula is C8H19NO3. The first-order chi connectivity index (χ1) is 5.35. The van der Waals surface area contributed by atoms with E-state index in [-0.39, 0.29) is 6.61 Å². The summed E-state index contributed by atoms with van der Waals surface area (Å²) in [6, 6.07) is 0. The molecule has 1 atom stereocenters. The third-order valence-corrected chi connectivity index (χ3v) is 1.39. The number of aliphatic hydroxyl groups is 3. The Balaban J connectivity index is 3.66. The Morgan fingerprint density at radius 2 is 1.92 bits per heavy atom. The van der Waals surface area contributed by atoms with Crippen LogP contribution >= 0.6 is 0 Å². The first-order valence-corrected chi connectivity index (χ1v) is 4.05. The molecule has 0 bridgehead atoms. The van der Waals surface area contributed by atoms with Crippen LogP contribution in [0.25, 0.3) is 0 Å². The van der Waals surface area contributed by atoms with Gasteiger partial charge in [-0.3, -0.25) is 0 Å². The summed E-state index contributed by atoms with van der Waals surface area (Å²) in [5.41, 5.74) is -0.760. The van der Waals surface area contributed by atoms with Crippen LogP contribution < -0.4 is 0 Å². The normalized spacial score (nSPS) is 15.2. The Morgan fingerprint density at radius 3 is 2.25 bits per heavy atom.